The number of fused-ring (bicyclic) bond motifs is 2. The molecule has 1 amide bonds. The van der Waals surface area contributed by atoms with Gasteiger partial charge in [-0.2, -0.15) is 0 Å². The fraction of sp³-hybridized carbons (Fsp3) is 0.292. The van der Waals surface area contributed by atoms with Crippen LogP contribution in [0.1, 0.15) is 28.5 Å². The van der Waals surface area contributed by atoms with Gasteiger partial charge in [-0.15, -0.1) is 0 Å². The maximum atomic E-state index is 12.7. The molecule has 0 atom stereocenters. The van der Waals surface area contributed by atoms with Crippen LogP contribution < -0.4 is 9.47 Å². The van der Waals surface area contributed by atoms with Gasteiger partial charge < -0.3 is 19.1 Å². The molecular weight excluding hydrogens is 396 g/mol. The fourth-order valence-corrected chi connectivity index (χ4v) is 3.56. The number of carbonyl (C=O) groups is 2. The first kappa shape index (κ1) is 20.7. The SMILES string of the molecule is CCN(Cc1ccc2c(c1)OCCO2)C(=O)COC(=O)c1cc(C)nc2ccccc12. The highest BCUT2D eigenvalue weighted by Gasteiger charge is 2.19. The van der Waals surface area contributed by atoms with Gasteiger partial charge in [0.05, 0.1) is 11.1 Å². The highest BCUT2D eigenvalue weighted by atomic mass is 16.6. The number of benzene rings is 2. The molecule has 7 nitrogen and oxygen atoms in total. The first-order chi connectivity index (χ1) is 15.0. The van der Waals surface area contributed by atoms with E-state index in [0.29, 0.717) is 54.4 Å². The van der Waals surface area contributed by atoms with Crippen molar-refractivity contribution in [3.63, 3.8) is 0 Å². The number of esters is 1. The third-order valence-corrected chi connectivity index (χ3v) is 5.11. The summed E-state index contributed by atoms with van der Waals surface area (Å²) in [6, 6.07) is 14.7. The molecule has 0 aliphatic carbocycles. The number of likely N-dealkylation sites (N-methyl/N-ethyl adjacent to an activating group) is 1. The number of pyridine rings is 1. The lowest BCUT2D eigenvalue weighted by Crippen LogP contribution is -2.34. The minimum absolute atomic E-state index is 0.263. The van der Waals surface area contributed by atoms with E-state index in [1.54, 1.807) is 11.0 Å². The molecule has 4 rings (SSSR count). The van der Waals surface area contributed by atoms with Gasteiger partial charge in [0.15, 0.2) is 18.1 Å². The Balaban J connectivity index is 1.42. The number of carbonyl (C=O) groups excluding carboxylic acids is 2. The average Bonchev–Trinajstić information content (AvgIpc) is 2.80. The molecule has 0 unspecified atom stereocenters. The summed E-state index contributed by atoms with van der Waals surface area (Å²) >= 11 is 0. The van der Waals surface area contributed by atoms with E-state index >= 15 is 0 Å². The van der Waals surface area contributed by atoms with Crippen molar-refractivity contribution in [3.8, 4) is 11.5 Å². The van der Waals surface area contributed by atoms with E-state index in [9.17, 15) is 9.59 Å². The van der Waals surface area contributed by atoms with Crippen LogP contribution in [0.3, 0.4) is 0 Å². The lowest BCUT2D eigenvalue weighted by Gasteiger charge is -2.23. The van der Waals surface area contributed by atoms with Gasteiger partial charge in [-0.3, -0.25) is 9.78 Å². The Bertz CT molecular complexity index is 1130. The maximum Gasteiger partial charge on any atom is 0.339 e. The zero-order chi connectivity index (χ0) is 21.8. The topological polar surface area (TPSA) is 78.0 Å². The van der Waals surface area contributed by atoms with Crippen LogP contribution in [0.15, 0.2) is 48.5 Å². The maximum absolute atomic E-state index is 12.7. The Morgan fingerprint density at radius 2 is 1.84 bits per heavy atom. The van der Waals surface area contributed by atoms with Gasteiger partial charge in [0.1, 0.15) is 13.2 Å². The average molecular weight is 420 g/mol. The fourth-order valence-electron chi connectivity index (χ4n) is 3.56. The van der Waals surface area contributed by atoms with Crippen molar-refractivity contribution in [1.82, 2.24) is 9.88 Å². The van der Waals surface area contributed by atoms with Gasteiger partial charge in [-0.25, -0.2) is 4.79 Å². The lowest BCUT2D eigenvalue weighted by atomic mass is 10.1. The molecule has 31 heavy (non-hydrogen) atoms. The molecule has 1 aromatic heterocycles. The van der Waals surface area contributed by atoms with Gasteiger partial charge in [-0.05, 0) is 43.7 Å². The monoisotopic (exact) mass is 420 g/mol. The molecule has 2 heterocycles. The van der Waals surface area contributed by atoms with E-state index in [1.807, 2.05) is 56.3 Å². The van der Waals surface area contributed by atoms with Crippen LogP contribution in [0.2, 0.25) is 0 Å². The third kappa shape index (κ3) is 4.60. The van der Waals surface area contributed by atoms with E-state index in [2.05, 4.69) is 4.98 Å². The number of hydrogen-bond donors (Lipinski definition) is 0. The van der Waals surface area contributed by atoms with Crippen molar-refractivity contribution in [2.45, 2.75) is 20.4 Å². The van der Waals surface area contributed by atoms with Crippen LogP contribution in [0.5, 0.6) is 11.5 Å². The Labute approximate surface area is 180 Å². The number of amides is 1. The largest absolute Gasteiger partial charge is 0.486 e. The number of nitrogens with zero attached hydrogens (tertiary/aromatic N) is 2. The summed E-state index contributed by atoms with van der Waals surface area (Å²) in [6.45, 7) is 5.30. The Hall–Kier alpha value is -3.61. The van der Waals surface area contributed by atoms with Crippen LogP contribution in [0, 0.1) is 6.92 Å². The molecule has 1 aliphatic heterocycles. The normalized spacial score (nSPS) is 12.5. The summed E-state index contributed by atoms with van der Waals surface area (Å²) in [7, 11) is 0. The van der Waals surface area contributed by atoms with Gasteiger partial charge in [0.2, 0.25) is 0 Å². The smallest absolute Gasteiger partial charge is 0.339 e. The second kappa shape index (κ2) is 9.04. The van der Waals surface area contributed by atoms with E-state index in [1.165, 1.54) is 0 Å². The summed E-state index contributed by atoms with van der Waals surface area (Å²) in [5, 5.41) is 0.703. The Morgan fingerprint density at radius 3 is 2.65 bits per heavy atom. The van der Waals surface area contributed by atoms with Gasteiger partial charge >= 0.3 is 5.97 Å². The van der Waals surface area contributed by atoms with Crippen molar-refractivity contribution >= 4 is 22.8 Å². The number of hydrogen-bond acceptors (Lipinski definition) is 6. The van der Waals surface area contributed by atoms with Gasteiger partial charge in [0.25, 0.3) is 5.91 Å². The molecule has 0 fully saturated rings. The summed E-state index contributed by atoms with van der Waals surface area (Å²) in [6.07, 6.45) is 0. The zero-order valence-corrected chi connectivity index (χ0v) is 17.6. The molecule has 2 aromatic carbocycles. The zero-order valence-electron chi connectivity index (χ0n) is 17.6. The highest BCUT2D eigenvalue weighted by Crippen LogP contribution is 2.31. The third-order valence-electron chi connectivity index (χ3n) is 5.11. The molecule has 3 aromatic rings. The second-order valence-corrected chi connectivity index (χ2v) is 7.29. The molecule has 160 valence electrons. The van der Waals surface area contributed by atoms with E-state index < -0.39 is 5.97 Å². The number of ether oxygens (including phenoxy) is 3. The Kier molecular flexibility index (Phi) is 6.02. The van der Waals surface area contributed by atoms with Gasteiger partial charge in [-0.1, -0.05) is 24.3 Å². The highest BCUT2D eigenvalue weighted by molar-refractivity contribution is 6.04. The van der Waals surface area contributed by atoms with Crippen LogP contribution in [-0.4, -0.2) is 48.1 Å². The second-order valence-electron chi connectivity index (χ2n) is 7.29. The van der Waals surface area contributed by atoms with E-state index in [-0.39, 0.29) is 12.5 Å². The molecule has 1 aliphatic rings. The van der Waals surface area contributed by atoms with Crippen LogP contribution in [0.4, 0.5) is 0 Å². The standard InChI is InChI=1S/C24H24N2O5/c1-3-26(14-17-8-9-21-22(13-17)30-11-10-29-21)23(27)15-31-24(28)19-12-16(2)25-20-7-5-4-6-18(19)20/h4-9,12-13H,3,10-11,14-15H2,1-2H3. The molecular formula is C24H24N2O5. The molecule has 0 radical (unpaired) electrons. The molecule has 0 spiro atoms. The summed E-state index contributed by atoms with van der Waals surface area (Å²) in [5.74, 6) is 0.586. The molecule has 0 saturated carbocycles. The van der Waals surface area contributed by atoms with E-state index in [4.69, 9.17) is 14.2 Å². The summed E-state index contributed by atoms with van der Waals surface area (Å²) in [5.41, 5.74) is 2.76. The first-order valence-electron chi connectivity index (χ1n) is 10.2. The van der Waals surface area contributed by atoms with Crippen molar-refractivity contribution < 1.29 is 23.8 Å². The molecule has 7 heteroatoms. The first-order valence-corrected chi connectivity index (χ1v) is 10.2. The van der Waals surface area contributed by atoms with Crippen LogP contribution in [0.25, 0.3) is 10.9 Å². The van der Waals surface area contributed by atoms with Crippen LogP contribution >= 0.6 is 0 Å². The number of para-hydroxylation sites is 1. The summed E-state index contributed by atoms with van der Waals surface area (Å²) in [4.78, 5) is 31.5. The van der Waals surface area contributed by atoms with Crippen molar-refractivity contribution in [3.05, 3.63) is 65.4 Å². The minimum Gasteiger partial charge on any atom is -0.486 e. The molecule has 0 saturated heterocycles. The predicted octanol–water partition coefficient (Wildman–Crippen LogP) is 3.52. The molecule has 0 N–H and O–H groups in total. The van der Waals surface area contributed by atoms with Crippen molar-refractivity contribution in [2.75, 3.05) is 26.4 Å². The minimum atomic E-state index is -0.537. The van der Waals surface area contributed by atoms with Crippen LogP contribution in [-0.2, 0) is 16.1 Å². The quantitative estimate of drug-likeness (QED) is 0.568. The molecule has 0 bridgehead atoms. The van der Waals surface area contributed by atoms with Crippen molar-refractivity contribution in [1.29, 1.82) is 0 Å². The number of aromatic nitrogens is 1. The predicted molar refractivity (Wildman–Crippen MR) is 115 cm³/mol. The Morgan fingerprint density at radius 1 is 1.06 bits per heavy atom. The number of aryl methyl sites for hydroxylation is 1. The van der Waals surface area contributed by atoms with Crippen molar-refractivity contribution in [2.24, 2.45) is 0 Å². The van der Waals surface area contributed by atoms with Gasteiger partial charge in [0, 0.05) is 24.2 Å². The van der Waals surface area contributed by atoms with E-state index in [0.717, 1.165) is 11.1 Å². The number of rotatable bonds is 6. The lowest BCUT2D eigenvalue weighted by molar-refractivity contribution is -0.134. The summed E-state index contributed by atoms with van der Waals surface area (Å²) < 4.78 is 16.5.